The Labute approximate surface area is 608 Å². The first-order chi connectivity index (χ1) is 45.6. The third kappa shape index (κ3) is 37.5. The number of rotatable bonds is 25. The predicted molar refractivity (Wildman–Crippen MR) is 408 cm³/mol. The lowest BCUT2D eigenvalue weighted by molar-refractivity contribution is -0.125. The van der Waals surface area contributed by atoms with Crippen molar-refractivity contribution in [2.75, 3.05) is 0 Å². The molecule has 3 heterocycles. The molecule has 3 aromatic rings. The van der Waals surface area contributed by atoms with Crippen LogP contribution in [0, 0.1) is 60.1 Å². The Balaban J connectivity index is 0.000000249. The van der Waals surface area contributed by atoms with Gasteiger partial charge in [-0.25, -0.2) is 9.97 Å². The lowest BCUT2D eigenvalue weighted by atomic mass is 9.66. The van der Waals surface area contributed by atoms with Crippen LogP contribution in [-0.2, 0) is 49.8 Å². The van der Waals surface area contributed by atoms with Crippen molar-refractivity contribution in [1.29, 1.82) is 0 Å². The third-order valence-electron chi connectivity index (χ3n) is 20.0. The van der Waals surface area contributed by atoms with Gasteiger partial charge >= 0.3 is 0 Å². The van der Waals surface area contributed by atoms with Crippen LogP contribution in [0.4, 0.5) is 0 Å². The molecule has 13 heteroatoms. The molecule has 13 nitrogen and oxygen atoms in total. The first-order valence-corrected chi connectivity index (χ1v) is 38.7. The van der Waals surface area contributed by atoms with E-state index in [1.54, 1.807) is 12.4 Å². The van der Waals surface area contributed by atoms with Gasteiger partial charge in [0, 0.05) is 130 Å². The molecular weight excluding hydrogens is 1240 g/mol. The van der Waals surface area contributed by atoms with E-state index in [1.165, 1.54) is 70.6 Å². The number of nitrogens with zero attached hydrogens (tertiary/aromatic N) is 5. The number of Topliss-reactive ketones (excluding diaryl/α,β-unsaturated/α-hetero) is 7. The monoisotopic (exact) mass is 1390 g/mol. The van der Waals surface area contributed by atoms with E-state index in [1.807, 2.05) is 24.4 Å². The van der Waals surface area contributed by atoms with E-state index >= 15 is 0 Å². The van der Waals surface area contributed by atoms with Gasteiger partial charge in [-0.1, -0.05) is 203 Å². The van der Waals surface area contributed by atoms with Crippen molar-refractivity contribution in [3.8, 4) is 0 Å². The normalized spacial score (nSPS) is 19.1. The molecule has 0 N–H and O–H groups in total. The SMILES string of the molecule is CC(C)(C)CC(=O)CC1(C)CC1.CC(C)(C)CC(=O)CC1(C)CCC1.CC(C)(C)CC(=O)CC1(C)CCC1.CC(C)(C)CC(=O)CC1(c2ccccn2)CC1.CC(C)(C)CC(=O)CC1(c2ncccn2)CC1.CC(C)(C)CC(=O)CC1(c2ncon2)CC1.CC(C)(C)CC(=O)CCC1CC1. The van der Waals surface area contributed by atoms with Gasteiger partial charge in [-0.05, 0) is 162 Å². The summed E-state index contributed by atoms with van der Waals surface area (Å²) < 4.78 is 4.75. The maximum absolute atomic E-state index is 12.1. The smallest absolute Gasteiger partial charge is 0.213 e. The van der Waals surface area contributed by atoms with Crippen molar-refractivity contribution in [2.24, 2.45) is 60.1 Å². The average Bonchev–Trinajstić information content (AvgIpc) is 1.66. The minimum atomic E-state index is -0.102. The molecule has 7 aliphatic carbocycles. The molecule has 0 saturated heterocycles. The molecule has 0 aromatic carbocycles. The summed E-state index contributed by atoms with van der Waals surface area (Å²) in [7, 11) is 0. The highest BCUT2D eigenvalue weighted by molar-refractivity contribution is 5.83. The van der Waals surface area contributed by atoms with Crippen LogP contribution in [0.5, 0.6) is 0 Å². The van der Waals surface area contributed by atoms with Crippen LogP contribution in [-0.4, -0.2) is 65.6 Å². The second-order valence-corrected chi connectivity index (χ2v) is 42.0. The summed E-state index contributed by atoms with van der Waals surface area (Å²) in [5.41, 5.74) is 3.06. The molecule has 10 rings (SSSR count). The molecule has 0 unspecified atom stereocenters. The Hall–Kier alpha value is -4.94. The van der Waals surface area contributed by atoms with Crippen molar-refractivity contribution >= 4 is 40.5 Å². The van der Waals surface area contributed by atoms with E-state index in [2.05, 4.69) is 197 Å². The summed E-state index contributed by atoms with van der Waals surface area (Å²) >= 11 is 0. The zero-order valence-electron chi connectivity index (χ0n) is 68.1. The van der Waals surface area contributed by atoms with E-state index in [0.717, 1.165) is 114 Å². The molecule has 0 aliphatic heterocycles. The minimum Gasteiger partial charge on any atom is -0.343 e. The fraction of sp³-hybridized carbons (Fsp3) is 0.793. The Morgan fingerprint density at radius 1 is 0.360 bits per heavy atom. The molecule has 0 bridgehead atoms. The number of hydrogen-bond acceptors (Lipinski definition) is 13. The number of pyridine rings is 1. The first kappa shape index (κ1) is 87.5. The van der Waals surface area contributed by atoms with Gasteiger partial charge in [0.2, 0.25) is 6.39 Å². The van der Waals surface area contributed by atoms with Gasteiger partial charge in [-0.2, -0.15) is 4.98 Å². The Kier molecular flexibility index (Phi) is 31.2. The highest BCUT2D eigenvalue weighted by Crippen LogP contribution is 2.53. The fourth-order valence-corrected chi connectivity index (χ4v) is 13.8. The van der Waals surface area contributed by atoms with Crippen LogP contribution < -0.4 is 0 Å². The van der Waals surface area contributed by atoms with Crippen molar-refractivity contribution in [3.05, 3.63) is 66.6 Å². The topological polar surface area (TPSA) is 197 Å². The molecule has 7 fully saturated rings. The van der Waals surface area contributed by atoms with Gasteiger partial charge in [0.25, 0.3) is 0 Å². The number of carbonyl (C=O) groups excluding carboxylic acids is 7. The molecule has 0 radical (unpaired) electrons. The lowest BCUT2D eigenvalue weighted by Gasteiger charge is -2.38. The quantitative estimate of drug-likeness (QED) is 0.0777. The standard InChI is InChI=1S/C15H21NO.C14H20N2O.C12H18N2O2.2C12H22O.2C11H20O/c1-14(2,3)10-12(17)11-15(7-8-15)13-6-4-5-9-16-13;1-13(2,3)9-11(17)10-14(5-6-14)12-15-7-4-8-16-12;1-11(2,3)6-9(15)7-12(4-5-12)10-13-8-16-14-10;2*1-11(2,3)8-10(13)9-12(4)6-5-7-12;1-10(2,3)7-9(12)8-11(4)5-6-11;1-11(2,3)8-10(12)7-6-9-4-5-9/h4-6,9H,7-8,10-11H2,1-3H3;4,7-8H,5-6,9-10H2,1-3H3;8H,4-7H2,1-3H3;2*5-9H2,1-4H3;5-8H2,1-4H3;9H,4-8H2,1-3H3. The summed E-state index contributed by atoms with van der Waals surface area (Å²) in [5.74, 6) is 5.27. The highest BCUT2D eigenvalue weighted by atomic mass is 16.5. The molecule has 0 spiro atoms. The predicted octanol–water partition coefficient (Wildman–Crippen LogP) is 22.4. The maximum atomic E-state index is 12.1. The molecule has 7 aliphatic rings. The molecule has 7 saturated carbocycles. The molecule has 0 amide bonds. The zero-order valence-corrected chi connectivity index (χ0v) is 68.1. The Morgan fingerprint density at radius 2 is 0.670 bits per heavy atom. The van der Waals surface area contributed by atoms with Crippen LogP contribution in [0.3, 0.4) is 0 Å². The number of hydrogen-bond donors (Lipinski definition) is 0. The number of ketones is 7. The summed E-state index contributed by atoms with van der Waals surface area (Å²) in [6.07, 6.45) is 37.0. The second kappa shape index (κ2) is 35.7. The second-order valence-electron chi connectivity index (χ2n) is 42.0. The molecular formula is C87H143N5O8. The van der Waals surface area contributed by atoms with Gasteiger partial charge < -0.3 is 4.52 Å². The lowest BCUT2D eigenvalue weighted by Crippen LogP contribution is -2.29. The van der Waals surface area contributed by atoms with Gasteiger partial charge in [-0.15, -0.1) is 0 Å². The van der Waals surface area contributed by atoms with Crippen LogP contribution in [0.15, 0.2) is 53.8 Å². The molecule has 564 valence electrons. The van der Waals surface area contributed by atoms with E-state index in [9.17, 15) is 33.6 Å². The van der Waals surface area contributed by atoms with Gasteiger partial charge in [-0.3, -0.25) is 38.5 Å². The van der Waals surface area contributed by atoms with Crippen LogP contribution in [0.25, 0.3) is 0 Å². The summed E-state index contributed by atoms with van der Waals surface area (Å²) in [5, 5.41) is 3.86. The van der Waals surface area contributed by atoms with Gasteiger partial charge in [0.05, 0.1) is 0 Å². The van der Waals surface area contributed by atoms with E-state index in [4.69, 9.17) is 4.52 Å². The molecule has 3 aromatic heterocycles. The number of aromatic nitrogens is 5. The van der Waals surface area contributed by atoms with Gasteiger partial charge in [0.1, 0.15) is 46.3 Å². The minimum absolute atomic E-state index is 0.0381. The Bertz CT molecular complexity index is 2910. The van der Waals surface area contributed by atoms with Crippen LogP contribution >= 0.6 is 0 Å². The fourth-order valence-electron chi connectivity index (χ4n) is 13.8. The molecule has 0 atom stereocenters. The van der Waals surface area contributed by atoms with Crippen molar-refractivity contribution in [1.82, 2.24) is 25.1 Å². The van der Waals surface area contributed by atoms with Crippen molar-refractivity contribution in [2.45, 2.75) is 381 Å². The van der Waals surface area contributed by atoms with Crippen molar-refractivity contribution < 1.29 is 38.1 Å². The maximum Gasteiger partial charge on any atom is 0.213 e. The zero-order chi connectivity index (χ0) is 75.7. The largest absolute Gasteiger partial charge is 0.343 e. The summed E-state index contributed by atoms with van der Waals surface area (Å²) in [6, 6.07) is 7.81. The molecule has 100 heavy (non-hydrogen) atoms. The van der Waals surface area contributed by atoms with Crippen LogP contribution in [0.1, 0.15) is 383 Å². The van der Waals surface area contributed by atoms with E-state index < -0.39 is 0 Å². The van der Waals surface area contributed by atoms with Crippen LogP contribution in [0.2, 0.25) is 0 Å². The van der Waals surface area contributed by atoms with E-state index in [0.29, 0.717) is 101 Å². The number of carbonyl (C=O) groups is 7. The summed E-state index contributed by atoms with van der Waals surface area (Å²) in [6.45, 7) is 51.2. The third-order valence-corrected chi connectivity index (χ3v) is 20.0. The highest BCUT2D eigenvalue weighted by Gasteiger charge is 2.51. The summed E-state index contributed by atoms with van der Waals surface area (Å²) in [4.78, 5) is 99.3. The van der Waals surface area contributed by atoms with Gasteiger partial charge in [0.15, 0.2) is 5.82 Å². The Morgan fingerprint density at radius 3 is 0.940 bits per heavy atom. The average molecular weight is 1390 g/mol. The first-order valence-electron chi connectivity index (χ1n) is 38.7. The van der Waals surface area contributed by atoms with Crippen molar-refractivity contribution in [3.63, 3.8) is 0 Å². The van der Waals surface area contributed by atoms with E-state index in [-0.39, 0.29) is 54.1 Å².